The minimum Gasteiger partial charge on any atom is -0.497 e. The summed E-state index contributed by atoms with van der Waals surface area (Å²) < 4.78 is 10.6. The molecule has 25 heavy (non-hydrogen) atoms. The Morgan fingerprint density at radius 1 is 0.920 bits per heavy atom. The topological polar surface area (TPSA) is 105 Å². The van der Waals surface area contributed by atoms with Gasteiger partial charge in [-0.25, -0.2) is 9.59 Å². The molecule has 0 bridgehead atoms. The summed E-state index contributed by atoms with van der Waals surface area (Å²) in [6, 6.07) is 16.2. The van der Waals surface area contributed by atoms with Gasteiger partial charge in [0.15, 0.2) is 0 Å². The predicted molar refractivity (Wildman–Crippen MR) is 91.8 cm³/mol. The number of carboxylic acid groups (broad SMARTS) is 2. The SMILES string of the molecule is COc1ccc(CNCc2ccccc2)c(OC)c1.O=C(O)C(=O)O. The highest BCUT2D eigenvalue weighted by Gasteiger charge is 2.05. The van der Waals surface area contributed by atoms with Gasteiger partial charge in [-0.05, 0) is 11.6 Å². The summed E-state index contributed by atoms with van der Waals surface area (Å²) in [5, 5.41) is 18.2. The van der Waals surface area contributed by atoms with Crippen molar-refractivity contribution < 1.29 is 29.3 Å². The van der Waals surface area contributed by atoms with Crippen molar-refractivity contribution in [2.75, 3.05) is 14.2 Å². The lowest BCUT2D eigenvalue weighted by atomic mass is 10.1. The van der Waals surface area contributed by atoms with Crippen molar-refractivity contribution in [3.63, 3.8) is 0 Å². The molecule has 0 heterocycles. The van der Waals surface area contributed by atoms with Gasteiger partial charge in [0.05, 0.1) is 14.2 Å². The van der Waals surface area contributed by atoms with Crippen LogP contribution in [0, 0.1) is 0 Å². The molecule has 0 atom stereocenters. The third-order valence-corrected chi connectivity index (χ3v) is 3.16. The Kier molecular flexibility index (Phi) is 8.53. The van der Waals surface area contributed by atoms with E-state index in [4.69, 9.17) is 29.3 Å². The maximum atomic E-state index is 9.10. The highest BCUT2D eigenvalue weighted by Crippen LogP contribution is 2.24. The Balaban J connectivity index is 0.000000450. The summed E-state index contributed by atoms with van der Waals surface area (Å²) in [7, 11) is 3.33. The van der Waals surface area contributed by atoms with Gasteiger partial charge in [0.2, 0.25) is 0 Å². The summed E-state index contributed by atoms with van der Waals surface area (Å²) in [4.78, 5) is 18.2. The third-order valence-electron chi connectivity index (χ3n) is 3.16. The largest absolute Gasteiger partial charge is 0.497 e. The average molecular weight is 347 g/mol. The van der Waals surface area contributed by atoms with Crippen molar-refractivity contribution in [3.05, 3.63) is 59.7 Å². The molecule has 0 unspecified atom stereocenters. The molecule has 7 nitrogen and oxygen atoms in total. The van der Waals surface area contributed by atoms with Crippen molar-refractivity contribution >= 4 is 11.9 Å². The summed E-state index contributed by atoms with van der Waals surface area (Å²) in [6.45, 7) is 1.61. The van der Waals surface area contributed by atoms with Crippen molar-refractivity contribution in [3.8, 4) is 11.5 Å². The van der Waals surface area contributed by atoms with Gasteiger partial charge in [-0.3, -0.25) is 0 Å². The maximum Gasteiger partial charge on any atom is 0.414 e. The van der Waals surface area contributed by atoms with E-state index in [9.17, 15) is 0 Å². The number of hydrogen-bond donors (Lipinski definition) is 3. The van der Waals surface area contributed by atoms with Gasteiger partial charge in [-0.15, -0.1) is 0 Å². The van der Waals surface area contributed by atoms with Crippen molar-refractivity contribution in [1.29, 1.82) is 0 Å². The molecule has 0 amide bonds. The summed E-state index contributed by atoms with van der Waals surface area (Å²) in [5.74, 6) is -1.99. The minimum atomic E-state index is -1.82. The lowest BCUT2D eigenvalue weighted by Gasteiger charge is -2.11. The molecule has 0 aliphatic rings. The first kappa shape index (κ1) is 20.0. The fourth-order valence-electron chi connectivity index (χ4n) is 1.94. The Bertz CT molecular complexity index is 675. The number of carboxylic acids is 2. The zero-order valence-corrected chi connectivity index (χ0v) is 14.1. The van der Waals surface area contributed by atoms with Crippen LogP contribution in [0.15, 0.2) is 48.5 Å². The smallest absolute Gasteiger partial charge is 0.414 e. The van der Waals surface area contributed by atoms with E-state index in [0.29, 0.717) is 0 Å². The van der Waals surface area contributed by atoms with Crippen molar-refractivity contribution in [1.82, 2.24) is 5.32 Å². The van der Waals surface area contributed by atoms with Crippen LogP contribution < -0.4 is 14.8 Å². The van der Waals surface area contributed by atoms with Crippen LogP contribution >= 0.6 is 0 Å². The fourth-order valence-corrected chi connectivity index (χ4v) is 1.94. The van der Waals surface area contributed by atoms with Crippen molar-refractivity contribution in [2.45, 2.75) is 13.1 Å². The Morgan fingerprint density at radius 3 is 2.08 bits per heavy atom. The lowest BCUT2D eigenvalue weighted by Crippen LogP contribution is -2.13. The monoisotopic (exact) mass is 347 g/mol. The molecule has 0 fully saturated rings. The van der Waals surface area contributed by atoms with E-state index in [0.717, 1.165) is 30.2 Å². The molecule has 0 radical (unpaired) electrons. The lowest BCUT2D eigenvalue weighted by molar-refractivity contribution is -0.159. The molecular weight excluding hydrogens is 326 g/mol. The van der Waals surface area contributed by atoms with Gasteiger partial charge in [-0.1, -0.05) is 36.4 Å². The second kappa shape index (κ2) is 10.7. The number of hydrogen-bond acceptors (Lipinski definition) is 5. The van der Waals surface area contributed by atoms with E-state index in [1.165, 1.54) is 5.56 Å². The van der Waals surface area contributed by atoms with Gasteiger partial charge in [0, 0.05) is 24.7 Å². The molecule has 0 aliphatic carbocycles. The molecule has 2 aromatic carbocycles. The molecule has 134 valence electrons. The van der Waals surface area contributed by atoms with E-state index in [1.807, 2.05) is 36.4 Å². The second-order valence-electron chi connectivity index (χ2n) is 4.88. The number of carbonyl (C=O) groups is 2. The van der Waals surface area contributed by atoms with Crippen LogP contribution in [0.3, 0.4) is 0 Å². The number of aliphatic carboxylic acids is 2. The molecule has 0 aromatic heterocycles. The van der Waals surface area contributed by atoms with Gasteiger partial charge < -0.3 is 25.0 Å². The number of rotatable bonds is 6. The molecule has 2 rings (SSSR count). The fraction of sp³-hybridized carbons (Fsp3) is 0.222. The zero-order chi connectivity index (χ0) is 18.7. The third kappa shape index (κ3) is 7.36. The predicted octanol–water partition coefficient (Wildman–Crippen LogP) is 2.15. The van der Waals surface area contributed by atoms with Crippen LogP contribution in [-0.4, -0.2) is 36.4 Å². The van der Waals surface area contributed by atoms with Crippen LogP contribution in [0.2, 0.25) is 0 Å². The number of benzene rings is 2. The van der Waals surface area contributed by atoms with Crippen LogP contribution in [0.25, 0.3) is 0 Å². The molecule has 3 N–H and O–H groups in total. The first-order chi connectivity index (χ1) is 12.0. The molecule has 7 heteroatoms. The summed E-state index contributed by atoms with van der Waals surface area (Å²) in [5.41, 5.74) is 2.40. The number of methoxy groups -OCH3 is 2. The minimum absolute atomic E-state index is 0.766. The highest BCUT2D eigenvalue weighted by atomic mass is 16.5. The molecule has 0 aliphatic heterocycles. The maximum absolute atomic E-state index is 9.10. The van der Waals surface area contributed by atoms with Gasteiger partial charge in [0.25, 0.3) is 0 Å². The number of nitrogens with one attached hydrogen (secondary N) is 1. The van der Waals surface area contributed by atoms with Crippen LogP contribution in [0.5, 0.6) is 11.5 Å². The van der Waals surface area contributed by atoms with Crippen molar-refractivity contribution in [2.24, 2.45) is 0 Å². The molecule has 2 aromatic rings. The van der Waals surface area contributed by atoms with Crippen LogP contribution in [0.4, 0.5) is 0 Å². The highest BCUT2D eigenvalue weighted by molar-refractivity contribution is 6.27. The normalized spacial score (nSPS) is 9.52. The first-order valence-corrected chi connectivity index (χ1v) is 7.39. The van der Waals surface area contributed by atoms with Crippen LogP contribution in [-0.2, 0) is 22.7 Å². The molecule has 0 spiro atoms. The summed E-state index contributed by atoms with van der Waals surface area (Å²) >= 11 is 0. The molecule has 0 saturated heterocycles. The Hall–Kier alpha value is -3.06. The van der Waals surface area contributed by atoms with E-state index < -0.39 is 11.9 Å². The zero-order valence-electron chi connectivity index (χ0n) is 14.1. The van der Waals surface area contributed by atoms with Gasteiger partial charge in [-0.2, -0.15) is 0 Å². The van der Waals surface area contributed by atoms with E-state index in [-0.39, 0.29) is 0 Å². The van der Waals surface area contributed by atoms with Gasteiger partial charge >= 0.3 is 11.9 Å². The van der Waals surface area contributed by atoms with Crippen LogP contribution in [0.1, 0.15) is 11.1 Å². The Labute approximate surface area is 145 Å². The average Bonchev–Trinajstić information content (AvgIpc) is 2.63. The standard InChI is InChI=1S/C16H19NO2.C2H2O4/c1-18-15-9-8-14(16(10-15)19-2)12-17-11-13-6-4-3-5-7-13;3-1(4)2(5)6/h3-10,17H,11-12H2,1-2H3;(H,3,4)(H,5,6). The van der Waals surface area contributed by atoms with Gasteiger partial charge in [0.1, 0.15) is 11.5 Å². The van der Waals surface area contributed by atoms with E-state index in [1.54, 1.807) is 14.2 Å². The Morgan fingerprint density at radius 2 is 1.56 bits per heavy atom. The molecule has 0 saturated carbocycles. The van der Waals surface area contributed by atoms with E-state index in [2.05, 4.69) is 17.4 Å². The summed E-state index contributed by atoms with van der Waals surface area (Å²) in [6.07, 6.45) is 0. The number of ether oxygens (including phenoxy) is 2. The quantitative estimate of drug-likeness (QED) is 0.688. The second-order valence-corrected chi connectivity index (χ2v) is 4.88. The molecular formula is C18H21NO6. The van der Waals surface area contributed by atoms with E-state index >= 15 is 0 Å². The first-order valence-electron chi connectivity index (χ1n) is 7.39.